The molecule has 76 heavy (non-hydrogen) atoms. The summed E-state index contributed by atoms with van der Waals surface area (Å²) in [5.41, 5.74) is 7.45. The zero-order chi connectivity index (χ0) is 76.5. The van der Waals surface area contributed by atoms with E-state index in [2.05, 4.69) is 69.2 Å². The van der Waals surface area contributed by atoms with Crippen molar-refractivity contribution < 1.29 is 113 Å². The standard InChI is InChI=1S/2C6H4ClNO3.2C6H6ClNO.C6H5ClO.C6H5NO3.2C2H5I.2C2H6O.2CH4.HNO2.Na/c2*7-5-3-4(8(10)11)1-2-6(5)9;2*7-5-3-4(8)1-2-6(5)9;7-5-3-1-2-4-6(5)8;8-6-3-1-5(2-4-6)7(9)10;4*1-2-3;;;2-1-3;/h2*1-3,9H;2*1-3,9H,8H2;1-4,8H;1-4,8H;2*2H2,1H3;2*3H,2H2,1H3;2*1H4;(H,2,3);/q;;;;;;;;;;;;;+1/p-1/i4*1D,2D,3D;2*1D,2D,3D,4D;;;2*3D;;;;. The third-order valence-electron chi connectivity index (χ3n) is 4.78. The fraction of sp³-hybridized carbons (Fsp3) is 0.217. The number of halogens is 7. The van der Waals surface area contributed by atoms with Crippen LogP contribution in [0.2, 0.25) is 25.1 Å². The zero-order valence-electron chi connectivity index (χ0n) is 60.2. The molecular weight excluding hydrogens is 1350 g/mol. The first-order chi connectivity index (χ1) is 43.6. The van der Waals surface area contributed by atoms with Crippen LogP contribution in [0.3, 0.4) is 0 Å². The van der Waals surface area contributed by atoms with E-state index in [1.807, 2.05) is 0 Å². The molecular formula is C46H60Cl5I2N6NaO16. The second-order valence-electron chi connectivity index (χ2n) is 9.99. The first kappa shape index (κ1) is 48.3. The number of aliphatic hydroxyl groups is 2. The van der Waals surface area contributed by atoms with Gasteiger partial charge in [0.25, 0.3) is 17.1 Å². The largest absolute Gasteiger partial charge is 1.00 e. The number of nitro benzene ring substituents is 3. The van der Waals surface area contributed by atoms with E-state index in [-0.39, 0.29) is 95.0 Å². The molecule has 6 rings (SSSR count). The molecule has 6 aromatic rings. The van der Waals surface area contributed by atoms with Crippen molar-refractivity contribution in [2.45, 2.75) is 42.5 Å². The van der Waals surface area contributed by atoms with Crippen molar-refractivity contribution in [3.05, 3.63) is 186 Å². The van der Waals surface area contributed by atoms with Crippen LogP contribution in [-0.2, 0) is 0 Å². The van der Waals surface area contributed by atoms with Gasteiger partial charge in [0.1, 0.15) is 34.5 Å². The molecule has 0 fully saturated rings. The molecule has 6 aromatic carbocycles. The van der Waals surface area contributed by atoms with Crippen molar-refractivity contribution in [1.82, 2.24) is 0 Å². The van der Waals surface area contributed by atoms with Crippen LogP contribution in [0.25, 0.3) is 0 Å². The van der Waals surface area contributed by atoms with Crippen molar-refractivity contribution in [3.63, 3.8) is 0 Å². The smallest absolute Gasteiger partial charge is 0.508 e. The van der Waals surface area contributed by atoms with Gasteiger partial charge < -0.3 is 62.4 Å². The average molecular weight is 1430 g/mol. The predicted molar refractivity (Wildman–Crippen MR) is 320 cm³/mol. The SMILES string of the molecule is C.C.CCI.CCI.O=N[O-].[2H]OCC.[2H]OCC.[2H]c1c([2H])c(O)c(Cl)c([2H])c1N.[2H]c1c([2H])c(O)c(Cl)c([2H])c1N.[2H]c1c([2H])c([2H])c(Cl)c(O)c1[2H].[2H]c1c([2H])c([N+](=O)[O-])c([2H])c(Cl)c1O.[2H]c1c([2H])c([N+](=O)[O-])c([2H])c(Cl)c1O.[2H]c1c([2H])c([N+](=O)[O-])c([2H])c([2H])c1O.[Na+]. The first-order valence-electron chi connectivity index (χ1n) is 28.8. The molecule has 0 spiro atoms. The van der Waals surface area contributed by atoms with Gasteiger partial charge in [-0.2, -0.15) is 0 Å². The number of nitro groups is 3. The van der Waals surface area contributed by atoms with Gasteiger partial charge in [-0.25, -0.2) is 0 Å². The van der Waals surface area contributed by atoms with Crippen LogP contribution >= 0.6 is 103 Å². The van der Waals surface area contributed by atoms with E-state index in [4.69, 9.17) is 141 Å². The van der Waals surface area contributed by atoms with Gasteiger partial charge in [0.2, 0.25) is 2.86 Å². The Kier molecular flexibility index (Phi) is 35.8. The molecule has 0 radical (unpaired) electrons. The number of phenols is 6. The van der Waals surface area contributed by atoms with Crippen molar-refractivity contribution >= 4 is 132 Å². The number of nitrogens with two attached hydrogens (primary N) is 2. The molecule has 0 heterocycles. The van der Waals surface area contributed by atoms with Crippen LogP contribution in [0, 0.1) is 40.5 Å². The number of benzene rings is 6. The Balaban J connectivity index is -0.000000157. The summed E-state index contributed by atoms with van der Waals surface area (Å²) in [5, 5.41) is 100. The summed E-state index contributed by atoms with van der Waals surface area (Å²) in [4.78, 5) is 36.2. The van der Waals surface area contributed by atoms with E-state index in [0.29, 0.717) is 13.2 Å². The Morgan fingerprint density at radius 2 is 0.750 bits per heavy atom. The molecule has 30 heteroatoms. The van der Waals surface area contributed by atoms with Crippen LogP contribution in [0.15, 0.2) is 126 Å². The molecule has 0 aromatic heterocycles. The number of nitrogen functional groups attached to an aromatic ring is 2. The number of hydrogen-bond donors (Lipinski definition) is 10. The fourth-order valence-electron chi connectivity index (χ4n) is 2.38. The summed E-state index contributed by atoms with van der Waals surface area (Å²) in [5.74, 6) is -4.20. The Hall–Kier alpha value is -4.85. The predicted octanol–water partition coefficient (Wildman–Crippen LogP) is 11.9. The molecule has 0 amide bonds. The minimum absolute atomic E-state index is 0. The van der Waals surface area contributed by atoms with Gasteiger partial charge >= 0.3 is 29.6 Å². The van der Waals surface area contributed by atoms with Crippen molar-refractivity contribution in [2.75, 3.05) is 33.5 Å². The number of alkyl halides is 2. The molecule has 0 bridgehead atoms. The van der Waals surface area contributed by atoms with E-state index in [1.54, 1.807) is 13.8 Å². The minimum Gasteiger partial charge on any atom is -0.508 e. The number of rotatable bonds is 5. The van der Waals surface area contributed by atoms with Crippen LogP contribution in [0.4, 0.5) is 28.4 Å². The summed E-state index contributed by atoms with van der Waals surface area (Å²) in [7, 11) is 0. The minimum atomic E-state index is -1.01. The van der Waals surface area contributed by atoms with Gasteiger partial charge in [0, 0.05) is 60.8 Å². The summed E-state index contributed by atoms with van der Waals surface area (Å²) in [6.07, 6.45) is 0. The Morgan fingerprint density at radius 3 is 1.03 bits per heavy atom. The summed E-state index contributed by atoms with van der Waals surface area (Å²) < 4.78 is 157. The number of hydrogen-bond acceptors (Lipinski definition) is 19. The Bertz CT molecular complexity index is 2890. The van der Waals surface area contributed by atoms with Crippen LogP contribution in [0.1, 0.15) is 70.0 Å². The first-order valence-corrected chi connectivity index (χ1v) is 22.9. The average Bonchev–Trinajstić information content (AvgIpc) is 0.822. The number of phenolic OH excluding ortho intramolecular Hbond substituents is 6. The van der Waals surface area contributed by atoms with E-state index in [0.717, 1.165) is 5.34 Å². The molecule has 0 unspecified atom stereocenters. The maximum Gasteiger partial charge on any atom is 1.00 e. The number of para-hydroxylation sites is 1. The topological polar surface area (TPSA) is 396 Å². The summed E-state index contributed by atoms with van der Waals surface area (Å²) >= 11 is 31.6. The maximum atomic E-state index is 10.4. The Labute approximate surface area is 545 Å². The number of anilines is 2. The van der Waals surface area contributed by atoms with Crippen LogP contribution in [0.5, 0.6) is 34.5 Å². The van der Waals surface area contributed by atoms with Gasteiger partial charge in [-0.15, -0.1) is 5.34 Å². The van der Waals surface area contributed by atoms with Crippen molar-refractivity contribution in [3.8, 4) is 34.5 Å². The molecule has 420 valence electrons. The number of nitrogens with zero attached hydrogens (tertiary/aromatic N) is 4. The monoisotopic (exact) mass is 1430 g/mol. The van der Waals surface area contributed by atoms with Gasteiger partial charge in [-0.1, -0.05) is 144 Å². The number of aliphatic hydroxyl groups excluding tert-OH is 2. The fourth-order valence-corrected chi connectivity index (χ4v) is 3.05. The van der Waals surface area contributed by atoms with Gasteiger partial charge in [0.15, 0.2) is 0 Å². The van der Waals surface area contributed by atoms with E-state index >= 15 is 0 Å². The molecule has 0 saturated carbocycles. The van der Waals surface area contributed by atoms with Crippen molar-refractivity contribution in [2.24, 2.45) is 5.34 Å². The van der Waals surface area contributed by atoms with Gasteiger partial charge in [-0.05, 0) is 95.2 Å². The second kappa shape index (κ2) is 56.4. The maximum absolute atomic E-state index is 10.4. The number of aromatic hydroxyl groups is 6. The molecule has 0 aliphatic rings. The molecule has 22 nitrogen and oxygen atoms in total. The van der Waals surface area contributed by atoms with Crippen LogP contribution < -0.4 is 41.0 Å². The quantitative estimate of drug-likeness (QED) is 0.0112. The zero-order valence-corrected chi connectivity index (χ0v) is 48.3. The van der Waals surface area contributed by atoms with E-state index in [1.165, 1.54) is 8.86 Å². The third-order valence-corrected chi connectivity index (χ3v) is 6.14. The normalized spacial score (nSPS) is 12.3. The van der Waals surface area contributed by atoms with Gasteiger partial charge in [-0.3, -0.25) is 30.3 Å². The third kappa shape index (κ3) is 50.0. The van der Waals surface area contributed by atoms with E-state index < -0.39 is 173 Å². The molecule has 0 saturated heterocycles. The molecule has 12 N–H and O–H groups in total. The summed E-state index contributed by atoms with van der Waals surface area (Å²) in [6.45, 7) is 8.74. The molecule has 0 atom stereocenters. The van der Waals surface area contributed by atoms with Gasteiger partial charge in [0.05, 0.1) is 67.3 Å². The summed E-state index contributed by atoms with van der Waals surface area (Å²) in [6, 6.07) is -12.1. The molecule has 0 aliphatic carbocycles. The molecule has 0 aliphatic heterocycles. The Morgan fingerprint density at radius 1 is 0.513 bits per heavy atom. The van der Waals surface area contributed by atoms with Crippen molar-refractivity contribution in [1.29, 1.82) is 2.86 Å². The second-order valence-corrected chi connectivity index (χ2v) is 14.9. The van der Waals surface area contributed by atoms with E-state index in [9.17, 15) is 30.3 Å². The van der Waals surface area contributed by atoms with Crippen LogP contribution in [-0.4, -0.2) is 80.6 Å².